The van der Waals surface area contributed by atoms with E-state index in [2.05, 4.69) is 26.5 Å². The molecule has 0 N–H and O–H groups in total. The van der Waals surface area contributed by atoms with Gasteiger partial charge in [0.1, 0.15) is 5.76 Å². The van der Waals surface area contributed by atoms with Crippen molar-refractivity contribution in [2.45, 2.75) is 6.42 Å². The maximum atomic E-state index is 7.50. The van der Waals surface area contributed by atoms with Crippen LogP contribution in [0, 0.1) is 20.0 Å². The van der Waals surface area contributed by atoms with Crippen molar-refractivity contribution >= 4 is 0 Å². The molecule has 86 valence electrons. The van der Waals surface area contributed by atoms with Crippen molar-refractivity contribution in [3.8, 4) is 0 Å². The molecule has 0 saturated carbocycles. The van der Waals surface area contributed by atoms with Crippen LogP contribution >= 0.6 is 0 Å². The summed E-state index contributed by atoms with van der Waals surface area (Å²) in [4.78, 5) is 0. The first-order valence-electron chi connectivity index (χ1n) is 3.54. The molecule has 0 aromatic rings. The summed E-state index contributed by atoms with van der Waals surface area (Å²) in [6.07, 6.45) is 6.83. The number of rotatable bonds is 1. The van der Waals surface area contributed by atoms with E-state index in [1.807, 2.05) is 18.2 Å². The fourth-order valence-electron chi connectivity index (χ4n) is 0.719. The summed E-state index contributed by atoms with van der Waals surface area (Å²) >= 11 is 0. The minimum absolute atomic E-state index is 0. The Hall–Kier alpha value is -1.24. The topological polar surface area (TPSA) is 68.9 Å². The smallest absolute Gasteiger partial charge is 0 e. The van der Waals surface area contributed by atoms with Gasteiger partial charge in [-0.2, -0.15) is 0 Å². The van der Waals surface area contributed by atoms with E-state index in [-0.39, 0.29) is 17.1 Å². The second-order valence-corrected chi connectivity index (χ2v) is 2.01. The monoisotopic (exact) mass is 262 g/mol. The Labute approximate surface area is 106 Å². The number of ether oxygens (including phenoxy) is 1. The van der Waals surface area contributed by atoms with Crippen LogP contribution in [0.1, 0.15) is 6.42 Å². The molecular weight excluding hydrogens is 252 g/mol. The summed E-state index contributed by atoms with van der Waals surface area (Å²) in [6, 6.07) is 0. The second-order valence-electron chi connectivity index (χ2n) is 2.01. The van der Waals surface area contributed by atoms with Crippen LogP contribution in [0.15, 0.2) is 36.1 Å². The normalized spacial score (nSPS) is 10.2. The summed E-state index contributed by atoms with van der Waals surface area (Å²) in [5.41, 5.74) is 1.14. The number of allylic oxidation sites excluding steroid dienone is 4. The Bertz CT molecular complexity index is 270. The van der Waals surface area contributed by atoms with Crippen molar-refractivity contribution < 1.29 is 35.8 Å². The van der Waals surface area contributed by atoms with E-state index in [9.17, 15) is 0 Å². The molecular formula is C11H10FeO4. The molecule has 0 atom stereocenters. The SMILES string of the molecule is C=C1C=CC(OC)=CC1.[C-]#[O+].[C-]#[O+].[C-]#[O+].[Fe]. The minimum Gasteiger partial charge on any atom is 0 e. The first-order valence-corrected chi connectivity index (χ1v) is 3.54. The van der Waals surface area contributed by atoms with Gasteiger partial charge in [-0.25, -0.2) is 0 Å². The maximum Gasteiger partial charge on any atom is 0 e. The quantitative estimate of drug-likeness (QED) is 0.404. The van der Waals surface area contributed by atoms with Crippen LogP contribution in [-0.4, -0.2) is 7.11 Å². The van der Waals surface area contributed by atoms with Gasteiger partial charge in [0.05, 0.1) is 7.11 Å². The van der Waals surface area contributed by atoms with Crippen LogP contribution in [0.25, 0.3) is 0 Å². The van der Waals surface area contributed by atoms with Crippen molar-refractivity contribution in [2.75, 3.05) is 7.11 Å². The van der Waals surface area contributed by atoms with Crippen molar-refractivity contribution in [1.82, 2.24) is 0 Å². The van der Waals surface area contributed by atoms with Gasteiger partial charge >= 0.3 is 33.9 Å². The number of hydrogen-bond donors (Lipinski definition) is 0. The van der Waals surface area contributed by atoms with Crippen LogP contribution < -0.4 is 0 Å². The average molecular weight is 262 g/mol. The molecule has 0 aliphatic heterocycles. The molecule has 0 bridgehead atoms. The van der Waals surface area contributed by atoms with Crippen LogP contribution in [0.2, 0.25) is 0 Å². The van der Waals surface area contributed by atoms with Gasteiger partial charge in [-0.05, 0) is 18.6 Å². The van der Waals surface area contributed by atoms with Crippen molar-refractivity contribution in [2.24, 2.45) is 0 Å². The van der Waals surface area contributed by atoms with Crippen LogP contribution in [-0.2, 0) is 35.8 Å². The van der Waals surface area contributed by atoms with Gasteiger partial charge in [0.2, 0.25) is 0 Å². The molecule has 16 heavy (non-hydrogen) atoms. The molecule has 4 nitrogen and oxygen atoms in total. The standard InChI is InChI=1S/C8H10O.3CO.Fe/c1-7-3-5-8(9-2)6-4-7;3*1-2;/h3,5-6H,1,4H2,2H3;;;;. The van der Waals surface area contributed by atoms with Crippen molar-refractivity contribution in [1.29, 1.82) is 0 Å². The Balaban J connectivity index is -0.0000000900. The first kappa shape index (κ1) is 24.1. The molecule has 5 heteroatoms. The van der Waals surface area contributed by atoms with E-state index >= 15 is 0 Å². The van der Waals surface area contributed by atoms with Gasteiger partial charge < -0.3 is 4.74 Å². The Morgan fingerprint density at radius 1 is 1.12 bits per heavy atom. The van der Waals surface area contributed by atoms with Gasteiger partial charge in [-0.15, -0.1) is 0 Å². The van der Waals surface area contributed by atoms with E-state index < -0.39 is 0 Å². The van der Waals surface area contributed by atoms with E-state index in [4.69, 9.17) is 18.7 Å². The molecule has 0 unspecified atom stereocenters. The van der Waals surface area contributed by atoms with Crippen LogP contribution in [0.3, 0.4) is 0 Å². The number of methoxy groups -OCH3 is 1. The zero-order chi connectivity index (χ0) is 12.7. The van der Waals surface area contributed by atoms with Gasteiger partial charge in [-0.1, -0.05) is 18.2 Å². The Kier molecular flexibility index (Phi) is 35.5. The second kappa shape index (κ2) is 23.5. The zero-order valence-corrected chi connectivity index (χ0v) is 9.74. The van der Waals surface area contributed by atoms with Gasteiger partial charge in [0.15, 0.2) is 0 Å². The van der Waals surface area contributed by atoms with E-state index in [0.717, 1.165) is 17.8 Å². The predicted molar refractivity (Wildman–Crippen MR) is 49.8 cm³/mol. The Morgan fingerprint density at radius 2 is 1.56 bits per heavy atom. The molecule has 1 aliphatic rings. The zero-order valence-electron chi connectivity index (χ0n) is 8.63. The Morgan fingerprint density at radius 3 is 1.81 bits per heavy atom. The van der Waals surface area contributed by atoms with E-state index in [1.165, 1.54) is 0 Å². The fourth-order valence-corrected chi connectivity index (χ4v) is 0.719. The average Bonchev–Trinajstić information content (AvgIpc) is 2.38. The molecule has 0 aromatic carbocycles. The van der Waals surface area contributed by atoms with E-state index in [1.54, 1.807) is 7.11 Å². The molecule has 0 heterocycles. The van der Waals surface area contributed by atoms with E-state index in [0.29, 0.717) is 0 Å². The molecule has 0 amide bonds. The fraction of sp³-hybridized carbons (Fsp3) is 0.182. The summed E-state index contributed by atoms with van der Waals surface area (Å²) in [7, 11) is 1.67. The van der Waals surface area contributed by atoms with Gasteiger partial charge in [0, 0.05) is 17.1 Å². The molecule has 0 saturated heterocycles. The minimum atomic E-state index is 0. The first-order chi connectivity index (χ1) is 7.33. The van der Waals surface area contributed by atoms with Crippen molar-refractivity contribution in [3.63, 3.8) is 0 Å². The summed E-state index contributed by atoms with van der Waals surface area (Å²) in [5.74, 6) is 0.933. The molecule has 1 aliphatic carbocycles. The predicted octanol–water partition coefficient (Wildman–Crippen LogP) is 1.92. The van der Waals surface area contributed by atoms with Gasteiger partial charge in [-0.3, -0.25) is 0 Å². The third kappa shape index (κ3) is 15.2. The molecule has 1 rings (SSSR count). The summed E-state index contributed by atoms with van der Waals surface area (Å²) < 4.78 is 27.5. The summed E-state index contributed by atoms with van der Waals surface area (Å²) in [6.45, 7) is 17.3. The van der Waals surface area contributed by atoms with Crippen molar-refractivity contribution in [3.05, 3.63) is 56.1 Å². The number of hydrogen-bond acceptors (Lipinski definition) is 1. The summed E-state index contributed by atoms with van der Waals surface area (Å²) in [5, 5.41) is 0. The largest absolute Gasteiger partial charge is 0 e. The third-order valence-corrected chi connectivity index (χ3v) is 1.28. The van der Waals surface area contributed by atoms with Crippen LogP contribution in [0.5, 0.6) is 0 Å². The molecule has 0 fully saturated rings. The maximum absolute atomic E-state index is 7.50. The third-order valence-electron chi connectivity index (χ3n) is 1.28. The van der Waals surface area contributed by atoms with Gasteiger partial charge in [0.25, 0.3) is 0 Å². The molecule has 0 spiro atoms. The van der Waals surface area contributed by atoms with Crippen LogP contribution in [0.4, 0.5) is 0 Å². The molecule has 0 radical (unpaired) electrons. The molecule has 0 aromatic heterocycles.